The number of amides is 1. The van der Waals surface area contributed by atoms with Crippen LogP contribution in [0.1, 0.15) is 28.8 Å². The first-order valence-electron chi connectivity index (χ1n) is 9.99. The summed E-state index contributed by atoms with van der Waals surface area (Å²) >= 11 is 1.45. The Kier molecular flexibility index (Phi) is 7.94. The van der Waals surface area contributed by atoms with Gasteiger partial charge in [0.2, 0.25) is 0 Å². The second-order valence-corrected chi connectivity index (χ2v) is 8.01. The number of nitriles is 1. The molecular formula is C25H25N3OS. The molecule has 3 aromatic carbocycles. The first-order chi connectivity index (χ1) is 14.7. The van der Waals surface area contributed by atoms with Crippen molar-refractivity contribution in [2.24, 2.45) is 0 Å². The molecule has 152 valence electrons. The molecule has 0 aliphatic carbocycles. The zero-order chi connectivity index (χ0) is 21.2. The number of hydrogen-bond donors (Lipinski definition) is 1. The highest BCUT2D eigenvalue weighted by molar-refractivity contribution is 7.99. The lowest BCUT2D eigenvalue weighted by Gasteiger charge is -2.19. The molecule has 0 radical (unpaired) electrons. The van der Waals surface area contributed by atoms with Gasteiger partial charge in [0.05, 0.1) is 11.1 Å². The molecule has 0 saturated heterocycles. The van der Waals surface area contributed by atoms with Crippen LogP contribution >= 0.6 is 11.8 Å². The maximum atomic E-state index is 12.7. The molecule has 0 spiro atoms. The third-order valence-electron chi connectivity index (χ3n) is 4.76. The Morgan fingerprint density at radius 3 is 2.37 bits per heavy atom. The van der Waals surface area contributed by atoms with Gasteiger partial charge in [0, 0.05) is 35.6 Å². The van der Waals surface area contributed by atoms with Gasteiger partial charge in [0.15, 0.2) is 0 Å². The molecule has 4 nitrogen and oxygen atoms in total. The molecule has 0 fully saturated rings. The number of benzene rings is 3. The summed E-state index contributed by atoms with van der Waals surface area (Å²) in [7, 11) is 2.08. The van der Waals surface area contributed by atoms with Crippen molar-refractivity contribution in [2.75, 3.05) is 25.0 Å². The number of unbranched alkanes of at least 4 members (excludes halogenated alkanes) is 1. The van der Waals surface area contributed by atoms with Crippen LogP contribution in [-0.2, 0) is 0 Å². The molecule has 0 aliphatic rings. The first kappa shape index (κ1) is 21.5. The van der Waals surface area contributed by atoms with E-state index in [4.69, 9.17) is 0 Å². The van der Waals surface area contributed by atoms with Crippen LogP contribution in [0, 0.1) is 11.3 Å². The van der Waals surface area contributed by atoms with Crippen LogP contribution in [0.2, 0.25) is 0 Å². The van der Waals surface area contributed by atoms with E-state index >= 15 is 0 Å². The third kappa shape index (κ3) is 5.88. The second-order valence-electron chi connectivity index (χ2n) is 6.93. The highest BCUT2D eigenvalue weighted by atomic mass is 32.2. The molecule has 3 aromatic rings. The fourth-order valence-electron chi connectivity index (χ4n) is 3.09. The maximum Gasteiger partial charge on any atom is 0.252 e. The summed E-state index contributed by atoms with van der Waals surface area (Å²) in [5, 5.41) is 12.3. The Balaban J connectivity index is 1.52. The summed E-state index contributed by atoms with van der Waals surface area (Å²) in [4.78, 5) is 16.7. The van der Waals surface area contributed by atoms with Crippen LogP contribution in [0.15, 0.2) is 88.7 Å². The Labute approximate surface area is 182 Å². The van der Waals surface area contributed by atoms with Crippen molar-refractivity contribution in [1.29, 1.82) is 5.26 Å². The standard InChI is InChI=1S/C25H25N3OS/c1-28(21-12-3-2-4-13-21)18-10-9-17-27-25(29)22-14-6-8-16-24(22)30-23-15-7-5-11-20(23)19-26/h2-8,11-16H,9-10,17-18H2,1H3,(H,27,29). The van der Waals surface area contributed by atoms with Gasteiger partial charge in [0.1, 0.15) is 6.07 Å². The number of anilines is 1. The summed E-state index contributed by atoms with van der Waals surface area (Å²) < 4.78 is 0. The van der Waals surface area contributed by atoms with Crippen molar-refractivity contribution >= 4 is 23.4 Å². The number of hydrogen-bond acceptors (Lipinski definition) is 4. The van der Waals surface area contributed by atoms with E-state index < -0.39 is 0 Å². The van der Waals surface area contributed by atoms with E-state index in [9.17, 15) is 10.1 Å². The molecular weight excluding hydrogens is 390 g/mol. The minimum atomic E-state index is -0.0797. The van der Waals surface area contributed by atoms with E-state index in [1.54, 1.807) is 6.07 Å². The minimum absolute atomic E-state index is 0.0797. The Morgan fingerprint density at radius 2 is 1.60 bits per heavy atom. The highest BCUT2D eigenvalue weighted by Gasteiger charge is 2.13. The van der Waals surface area contributed by atoms with Crippen LogP contribution in [0.4, 0.5) is 5.69 Å². The molecule has 0 atom stereocenters. The molecule has 0 unspecified atom stereocenters. The van der Waals surface area contributed by atoms with Gasteiger partial charge in [-0.05, 0) is 49.2 Å². The number of nitrogens with one attached hydrogen (secondary N) is 1. The van der Waals surface area contributed by atoms with Crippen LogP contribution < -0.4 is 10.2 Å². The van der Waals surface area contributed by atoms with Gasteiger partial charge in [-0.3, -0.25) is 4.79 Å². The lowest BCUT2D eigenvalue weighted by Crippen LogP contribution is -2.26. The zero-order valence-corrected chi connectivity index (χ0v) is 17.9. The van der Waals surface area contributed by atoms with Gasteiger partial charge in [-0.2, -0.15) is 5.26 Å². The van der Waals surface area contributed by atoms with E-state index in [0.29, 0.717) is 17.7 Å². The Hall–Kier alpha value is -3.23. The van der Waals surface area contributed by atoms with Crippen molar-refractivity contribution in [1.82, 2.24) is 5.32 Å². The molecule has 0 aromatic heterocycles. The van der Waals surface area contributed by atoms with Crippen molar-refractivity contribution in [3.8, 4) is 6.07 Å². The SMILES string of the molecule is CN(CCCCNC(=O)c1ccccc1Sc1ccccc1C#N)c1ccccc1. The van der Waals surface area contributed by atoms with E-state index in [-0.39, 0.29) is 5.91 Å². The van der Waals surface area contributed by atoms with Crippen LogP contribution in [-0.4, -0.2) is 26.0 Å². The van der Waals surface area contributed by atoms with E-state index in [2.05, 4.69) is 35.5 Å². The van der Waals surface area contributed by atoms with Crippen LogP contribution in [0.5, 0.6) is 0 Å². The smallest absolute Gasteiger partial charge is 0.252 e. The molecule has 3 rings (SSSR count). The van der Waals surface area contributed by atoms with E-state index in [0.717, 1.165) is 29.2 Å². The fourth-order valence-corrected chi connectivity index (χ4v) is 4.12. The second kappa shape index (κ2) is 11.1. The molecule has 0 aliphatic heterocycles. The lowest BCUT2D eigenvalue weighted by molar-refractivity contribution is 0.0950. The summed E-state index contributed by atoms with van der Waals surface area (Å²) in [5.74, 6) is -0.0797. The number of carbonyl (C=O) groups excluding carboxylic acids is 1. The summed E-state index contributed by atoms with van der Waals surface area (Å²) in [6.07, 6.45) is 1.91. The number of rotatable bonds is 9. The minimum Gasteiger partial charge on any atom is -0.375 e. The summed E-state index contributed by atoms with van der Waals surface area (Å²) in [6, 6.07) is 27.5. The Morgan fingerprint density at radius 1 is 0.933 bits per heavy atom. The lowest BCUT2D eigenvalue weighted by atomic mass is 10.2. The molecule has 0 bridgehead atoms. The first-order valence-corrected chi connectivity index (χ1v) is 10.8. The highest BCUT2D eigenvalue weighted by Crippen LogP contribution is 2.32. The quantitative estimate of drug-likeness (QED) is 0.478. The topological polar surface area (TPSA) is 56.1 Å². The number of nitrogens with zero attached hydrogens (tertiary/aromatic N) is 2. The van der Waals surface area contributed by atoms with Gasteiger partial charge in [-0.1, -0.05) is 54.2 Å². The van der Waals surface area contributed by atoms with Crippen molar-refractivity contribution < 1.29 is 4.79 Å². The largest absolute Gasteiger partial charge is 0.375 e. The van der Waals surface area contributed by atoms with Crippen molar-refractivity contribution in [3.63, 3.8) is 0 Å². The molecule has 1 amide bonds. The third-order valence-corrected chi connectivity index (χ3v) is 5.91. The van der Waals surface area contributed by atoms with Gasteiger partial charge < -0.3 is 10.2 Å². The van der Waals surface area contributed by atoms with Gasteiger partial charge >= 0.3 is 0 Å². The Bertz CT molecular complexity index is 1010. The normalized spacial score (nSPS) is 10.3. The predicted octanol–water partition coefficient (Wildman–Crippen LogP) is 5.36. The summed E-state index contributed by atoms with van der Waals surface area (Å²) in [5.41, 5.74) is 2.45. The van der Waals surface area contributed by atoms with Crippen LogP contribution in [0.3, 0.4) is 0 Å². The van der Waals surface area contributed by atoms with Crippen molar-refractivity contribution in [2.45, 2.75) is 22.6 Å². The zero-order valence-electron chi connectivity index (χ0n) is 17.0. The van der Waals surface area contributed by atoms with Crippen LogP contribution in [0.25, 0.3) is 0 Å². The predicted molar refractivity (Wildman–Crippen MR) is 123 cm³/mol. The molecule has 1 N–H and O–H groups in total. The van der Waals surface area contributed by atoms with Crippen molar-refractivity contribution in [3.05, 3.63) is 90.0 Å². The summed E-state index contributed by atoms with van der Waals surface area (Å²) in [6.45, 7) is 1.58. The number of carbonyl (C=O) groups is 1. The fraction of sp³-hybridized carbons (Fsp3) is 0.200. The van der Waals surface area contributed by atoms with Gasteiger partial charge in [-0.15, -0.1) is 0 Å². The molecule has 5 heteroatoms. The van der Waals surface area contributed by atoms with Gasteiger partial charge in [-0.25, -0.2) is 0 Å². The average molecular weight is 416 g/mol. The number of para-hydroxylation sites is 1. The molecule has 0 saturated carbocycles. The monoisotopic (exact) mass is 415 g/mol. The maximum absolute atomic E-state index is 12.7. The molecule has 0 heterocycles. The van der Waals surface area contributed by atoms with E-state index in [1.807, 2.05) is 60.7 Å². The van der Waals surface area contributed by atoms with Gasteiger partial charge in [0.25, 0.3) is 5.91 Å². The average Bonchev–Trinajstić information content (AvgIpc) is 2.80. The van der Waals surface area contributed by atoms with E-state index in [1.165, 1.54) is 17.4 Å². The molecule has 30 heavy (non-hydrogen) atoms.